The number of aromatic nitrogens is 2. The van der Waals surface area contributed by atoms with Gasteiger partial charge in [-0.2, -0.15) is 0 Å². The van der Waals surface area contributed by atoms with Crippen molar-refractivity contribution >= 4 is 22.7 Å². The van der Waals surface area contributed by atoms with Gasteiger partial charge in [0.25, 0.3) is 0 Å². The van der Waals surface area contributed by atoms with Crippen molar-refractivity contribution in [2.24, 2.45) is 0 Å². The second kappa shape index (κ2) is 16.5. The quantitative estimate of drug-likeness (QED) is 0.157. The molecule has 0 radical (unpaired) electrons. The molecule has 0 fully saturated rings. The summed E-state index contributed by atoms with van der Waals surface area (Å²) in [5.41, 5.74) is 6.06. The fourth-order valence-corrected chi connectivity index (χ4v) is 8.37. The molecule has 0 saturated heterocycles. The average Bonchev–Trinajstić information content (AvgIpc) is 3.81. The lowest BCUT2D eigenvalue weighted by Gasteiger charge is -2.16. The van der Waals surface area contributed by atoms with E-state index >= 15 is 0 Å². The molecule has 0 saturated carbocycles. The van der Waals surface area contributed by atoms with Crippen LogP contribution in [0.4, 0.5) is 22.0 Å². The summed E-state index contributed by atoms with van der Waals surface area (Å²) in [5, 5.41) is 14.7. The lowest BCUT2D eigenvalue weighted by Crippen LogP contribution is -2.02. The van der Waals surface area contributed by atoms with Gasteiger partial charge in [0.15, 0.2) is 0 Å². The van der Waals surface area contributed by atoms with Gasteiger partial charge in [0.05, 0.1) is 0 Å². The molecule has 8 aromatic rings. The minimum Gasteiger partial charge on any atom is -0.384 e. The molecule has 8 rings (SSSR count). The summed E-state index contributed by atoms with van der Waals surface area (Å²) in [6.45, 7) is 0. The normalized spacial score (nSPS) is 11.5. The Morgan fingerprint density at radius 2 is 1.15 bits per heavy atom. The Hall–Kier alpha value is -5.81. The van der Waals surface area contributed by atoms with E-state index in [1.165, 1.54) is 53.0 Å². The lowest BCUT2D eigenvalue weighted by molar-refractivity contribution is 0.221. The SMILES string of the molecule is Fc1ccc(-c2csc(-c3ccccc3F)c2Cc2cccnc2)c(F)c1.OC(c1cccnc1)c1c(-c2ccc(F)cc2F)csc1-c1ccccc1. The number of rotatable bonds is 8. The molecule has 0 aliphatic rings. The number of pyridine rings is 2. The van der Waals surface area contributed by atoms with Crippen LogP contribution in [0, 0.1) is 29.1 Å². The Morgan fingerprint density at radius 3 is 1.78 bits per heavy atom. The number of nitrogens with zero attached hydrogens (tertiary/aromatic N) is 2. The van der Waals surface area contributed by atoms with Gasteiger partial charge >= 0.3 is 0 Å². The van der Waals surface area contributed by atoms with Gasteiger partial charge in [-0.3, -0.25) is 9.97 Å². The molecule has 4 aromatic heterocycles. The molecular formula is C44H29F5N2OS2. The van der Waals surface area contributed by atoms with Crippen LogP contribution in [-0.4, -0.2) is 15.1 Å². The predicted molar refractivity (Wildman–Crippen MR) is 206 cm³/mol. The van der Waals surface area contributed by atoms with Crippen LogP contribution in [0.2, 0.25) is 0 Å². The highest BCUT2D eigenvalue weighted by Gasteiger charge is 2.25. The van der Waals surface area contributed by atoms with Gasteiger partial charge in [0, 0.05) is 86.5 Å². The van der Waals surface area contributed by atoms with E-state index in [1.807, 2.05) is 42.5 Å². The van der Waals surface area contributed by atoms with Crippen molar-refractivity contribution in [1.29, 1.82) is 0 Å². The fourth-order valence-electron chi connectivity index (χ4n) is 6.14. The number of aliphatic hydroxyl groups is 1. The summed E-state index contributed by atoms with van der Waals surface area (Å²) in [7, 11) is 0. The molecule has 1 atom stereocenters. The van der Waals surface area contributed by atoms with Gasteiger partial charge in [0.2, 0.25) is 0 Å². The first-order chi connectivity index (χ1) is 26.3. The van der Waals surface area contributed by atoms with Crippen molar-refractivity contribution in [3.8, 4) is 43.1 Å². The van der Waals surface area contributed by atoms with Crippen LogP contribution in [0.1, 0.15) is 28.4 Å². The smallest absolute Gasteiger partial charge is 0.133 e. The first kappa shape index (κ1) is 36.5. The Kier molecular flexibility index (Phi) is 11.1. The minimum absolute atomic E-state index is 0.257. The largest absolute Gasteiger partial charge is 0.384 e. The van der Waals surface area contributed by atoms with E-state index in [0.717, 1.165) is 38.6 Å². The number of halogens is 5. The van der Waals surface area contributed by atoms with Crippen LogP contribution in [-0.2, 0) is 6.42 Å². The summed E-state index contributed by atoms with van der Waals surface area (Å²) in [6.07, 6.45) is 6.10. The Labute approximate surface area is 316 Å². The Morgan fingerprint density at radius 1 is 0.537 bits per heavy atom. The first-order valence-corrected chi connectivity index (χ1v) is 18.4. The molecule has 0 aliphatic carbocycles. The van der Waals surface area contributed by atoms with Crippen LogP contribution < -0.4 is 0 Å². The fraction of sp³-hybridized carbons (Fsp3) is 0.0455. The first-order valence-electron chi connectivity index (χ1n) is 16.7. The lowest BCUT2D eigenvalue weighted by atomic mass is 9.93. The molecule has 0 bridgehead atoms. The Bertz CT molecular complexity index is 2510. The van der Waals surface area contributed by atoms with E-state index in [4.69, 9.17) is 0 Å². The maximum Gasteiger partial charge on any atom is 0.133 e. The third-order valence-electron chi connectivity index (χ3n) is 8.70. The zero-order chi connectivity index (χ0) is 37.6. The molecule has 1 N–H and O–H groups in total. The highest BCUT2D eigenvalue weighted by molar-refractivity contribution is 7.14. The minimum atomic E-state index is -0.986. The van der Waals surface area contributed by atoms with E-state index in [-0.39, 0.29) is 11.4 Å². The van der Waals surface area contributed by atoms with Crippen LogP contribution >= 0.6 is 22.7 Å². The zero-order valence-corrected chi connectivity index (χ0v) is 29.9. The van der Waals surface area contributed by atoms with Crippen molar-refractivity contribution in [2.45, 2.75) is 12.5 Å². The monoisotopic (exact) mass is 760 g/mol. The molecule has 10 heteroatoms. The van der Waals surface area contributed by atoms with Gasteiger partial charge in [-0.1, -0.05) is 60.7 Å². The number of benzene rings is 4. The molecule has 0 spiro atoms. The summed E-state index contributed by atoms with van der Waals surface area (Å²) < 4.78 is 70.0. The van der Waals surface area contributed by atoms with Gasteiger partial charge in [0.1, 0.15) is 35.2 Å². The van der Waals surface area contributed by atoms with E-state index in [1.54, 1.807) is 65.9 Å². The molecule has 54 heavy (non-hydrogen) atoms. The maximum atomic E-state index is 14.5. The topological polar surface area (TPSA) is 46.0 Å². The van der Waals surface area contributed by atoms with E-state index in [0.29, 0.717) is 39.8 Å². The molecule has 0 amide bonds. The molecule has 1 unspecified atom stereocenters. The second-order valence-electron chi connectivity index (χ2n) is 12.2. The van der Waals surface area contributed by atoms with Gasteiger partial charge in [-0.25, -0.2) is 22.0 Å². The molecule has 4 heterocycles. The predicted octanol–water partition coefficient (Wildman–Crippen LogP) is 12.3. The van der Waals surface area contributed by atoms with Crippen molar-refractivity contribution in [2.75, 3.05) is 0 Å². The van der Waals surface area contributed by atoms with Crippen molar-refractivity contribution in [3.63, 3.8) is 0 Å². The molecule has 0 aliphatic heterocycles. The maximum absolute atomic E-state index is 14.5. The summed E-state index contributed by atoms with van der Waals surface area (Å²) in [4.78, 5) is 9.76. The zero-order valence-electron chi connectivity index (χ0n) is 28.3. The third kappa shape index (κ3) is 7.91. The highest BCUT2D eigenvalue weighted by Crippen LogP contribution is 2.45. The van der Waals surface area contributed by atoms with Crippen LogP contribution in [0.25, 0.3) is 43.1 Å². The van der Waals surface area contributed by atoms with Crippen LogP contribution in [0.3, 0.4) is 0 Å². The molecule has 268 valence electrons. The summed E-state index contributed by atoms with van der Waals surface area (Å²) in [5.74, 6) is -2.90. The van der Waals surface area contributed by atoms with Crippen molar-refractivity contribution in [1.82, 2.24) is 9.97 Å². The number of thiophene rings is 2. The van der Waals surface area contributed by atoms with Gasteiger partial charge in [-0.05, 0) is 75.5 Å². The van der Waals surface area contributed by atoms with E-state index in [2.05, 4.69) is 9.97 Å². The van der Waals surface area contributed by atoms with E-state index < -0.39 is 29.4 Å². The number of hydrogen-bond acceptors (Lipinski definition) is 5. The van der Waals surface area contributed by atoms with E-state index in [9.17, 15) is 27.1 Å². The highest BCUT2D eigenvalue weighted by atomic mass is 32.1. The Balaban J connectivity index is 0.000000167. The molecule has 3 nitrogen and oxygen atoms in total. The van der Waals surface area contributed by atoms with Crippen LogP contribution in [0.5, 0.6) is 0 Å². The summed E-state index contributed by atoms with van der Waals surface area (Å²) in [6, 6.07) is 30.4. The average molecular weight is 761 g/mol. The van der Waals surface area contributed by atoms with Crippen molar-refractivity contribution < 1.29 is 27.1 Å². The molecular weight excluding hydrogens is 732 g/mol. The third-order valence-corrected chi connectivity index (χ3v) is 10.8. The van der Waals surface area contributed by atoms with Gasteiger partial charge in [-0.15, -0.1) is 22.7 Å². The summed E-state index contributed by atoms with van der Waals surface area (Å²) >= 11 is 2.77. The van der Waals surface area contributed by atoms with Crippen LogP contribution in [0.15, 0.2) is 151 Å². The second-order valence-corrected chi connectivity index (χ2v) is 13.9. The molecule has 4 aromatic carbocycles. The van der Waals surface area contributed by atoms with Gasteiger partial charge < -0.3 is 5.11 Å². The standard InChI is InChI=1S/C22H14F3NS.C22H15F2NOS/c23-15-7-8-16(21(25)11-15)19-13-27-22(17-5-1-2-6-20(17)24)18(19)10-14-4-3-9-26-12-14;23-16-8-9-17(19(24)11-16)18-13-27-22(14-5-2-1-3-6-14)20(18)21(26)15-7-4-10-25-12-15/h1-9,11-13H,10H2;1-13,21,26H. The number of hydrogen-bond donors (Lipinski definition) is 1. The van der Waals surface area contributed by atoms with Crippen molar-refractivity contribution in [3.05, 3.63) is 202 Å². The number of aliphatic hydroxyl groups excluding tert-OH is 1.